The van der Waals surface area contributed by atoms with E-state index in [2.05, 4.69) is 10.4 Å². The first-order valence-corrected chi connectivity index (χ1v) is 10.7. The van der Waals surface area contributed by atoms with Gasteiger partial charge in [0.05, 0.1) is 13.7 Å². The first-order valence-electron chi connectivity index (χ1n) is 10.7. The summed E-state index contributed by atoms with van der Waals surface area (Å²) in [5.74, 6) is 1.24. The smallest absolute Gasteiger partial charge is 0.249 e. The standard InChI is InChI=1S/C27H24FN3O3/c1-33-25-13-11-20(17-22(25)19-34-23-8-3-2-4-9-23)12-14-27(32)29-26-15-16-31(30-26)18-21-7-5-6-10-24(21)28/h2-17H,18-19H2,1H3,(H,29,30,32)/b14-12+. The second kappa shape index (κ2) is 11.0. The minimum Gasteiger partial charge on any atom is -0.496 e. The highest BCUT2D eigenvalue weighted by Gasteiger charge is 2.07. The molecule has 4 aromatic rings. The van der Waals surface area contributed by atoms with Crippen LogP contribution in [0.1, 0.15) is 16.7 Å². The summed E-state index contributed by atoms with van der Waals surface area (Å²) in [5.41, 5.74) is 2.21. The molecule has 0 atom stereocenters. The van der Waals surface area contributed by atoms with Crippen molar-refractivity contribution in [1.82, 2.24) is 9.78 Å². The van der Waals surface area contributed by atoms with E-state index in [1.54, 1.807) is 48.3 Å². The average molecular weight is 458 g/mol. The summed E-state index contributed by atoms with van der Waals surface area (Å²) < 4.78 is 26.7. The van der Waals surface area contributed by atoms with Crippen molar-refractivity contribution < 1.29 is 18.7 Å². The molecule has 0 spiro atoms. The van der Waals surface area contributed by atoms with Crippen LogP contribution in [0, 0.1) is 5.82 Å². The molecule has 1 N–H and O–H groups in total. The van der Waals surface area contributed by atoms with Crippen LogP contribution in [0.15, 0.2) is 91.1 Å². The Morgan fingerprint density at radius 1 is 1.03 bits per heavy atom. The lowest BCUT2D eigenvalue weighted by Crippen LogP contribution is -2.09. The summed E-state index contributed by atoms with van der Waals surface area (Å²) in [7, 11) is 1.61. The van der Waals surface area contributed by atoms with Crippen LogP contribution in [-0.4, -0.2) is 22.8 Å². The van der Waals surface area contributed by atoms with Gasteiger partial charge in [-0.1, -0.05) is 42.5 Å². The van der Waals surface area contributed by atoms with Gasteiger partial charge in [0.1, 0.15) is 23.9 Å². The molecule has 0 aliphatic heterocycles. The fourth-order valence-corrected chi connectivity index (χ4v) is 3.35. The lowest BCUT2D eigenvalue weighted by molar-refractivity contribution is -0.111. The number of rotatable bonds is 9. The number of halogens is 1. The van der Waals surface area contributed by atoms with E-state index in [-0.39, 0.29) is 18.3 Å². The molecule has 0 aliphatic rings. The molecule has 7 heteroatoms. The third-order valence-electron chi connectivity index (χ3n) is 5.05. The fraction of sp³-hybridized carbons (Fsp3) is 0.111. The van der Waals surface area contributed by atoms with Gasteiger partial charge in [-0.2, -0.15) is 5.10 Å². The Bertz CT molecular complexity index is 1290. The van der Waals surface area contributed by atoms with Crippen LogP contribution in [0.4, 0.5) is 10.2 Å². The number of carbonyl (C=O) groups excluding carboxylic acids is 1. The zero-order chi connectivity index (χ0) is 23.8. The summed E-state index contributed by atoms with van der Waals surface area (Å²) in [4.78, 5) is 12.4. The maximum absolute atomic E-state index is 13.8. The van der Waals surface area contributed by atoms with Crippen molar-refractivity contribution in [3.8, 4) is 11.5 Å². The summed E-state index contributed by atoms with van der Waals surface area (Å²) in [6.45, 7) is 0.610. The summed E-state index contributed by atoms with van der Waals surface area (Å²) in [6.07, 6.45) is 4.82. The molecular weight excluding hydrogens is 433 g/mol. The molecule has 3 aromatic carbocycles. The molecule has 6 nitrogen and oxygen atoms in total. The van der Waals surface area contributed by atoms with E-state index in [1.165, 1.54) is 12.1 Å². The predicted octanol–water partition coefficient (Wildman–Crippen LogP) is 5.31. The fourth-order valence-electron chi connectivity index (χ4n) is 3.35. The number of hydrogen-bond acceptors (Lipinski definition) is 4. The van der Waals surface area contributed by atoms with E-state index in [1.807, 2.05) is 48.5 Å². The van der Waals surface area contributed by atoms with Crippen molar-refractivity contribution in [2.24, 2.45) is 0 Å². The van der Waals surface area contributed by atoms with Gasteiger partial charge < -0.3 is 14.8 Å². The number of nitrogens with zero attached hydrogens (tertiary/aromatic N) is 2. The molecule has 0 radical (unpaired) electrons. The first-order chi connectivity index (χ1) is 16.6. The third-order valence-corrected chi connectivity index (χ3v) is 5.05. The van der Waals surface area contributed by atoms with Gasteiger partial charge in [0.15, 0.2) is 5.82 Å². The molecule has 0 bridgehead atoms. The van der Waals surface area contributed by atoms with Crippen LogP contribution >= 0.6 is 0 Å². The molecule has 34 heavy (non-hydrogen) atoms. The van der Waals surface area contributed by atoms with Crippen molar-refractivity contribution in [3.63, 3.8) is 0 Å². The minimum absolute atomic E-state index is 0.276. The van der Waals surface area contributed by atoms with Gasteiger partial charge in [0, 0.05) is 29.5 Å². The highest BCUT2D eigenvalue weighted by Crippen LogP contribution is 2.23. The van der Waals surface area contributed by atoms with E-state index in [4.69, 9.17) is 9.47 Å². The summed E-state index contributed by atoms with van der Waals surface area (Å²) in [5, 5.41) is 7.00. The number of hydrogen-bond donors (Lipinski definition) is 1. The van der Waals surface area contributed by atoms with Crippen molar-refractivity contribution in [3.05, 3.63) is 114 Å². The van der Waals surface area contributed by atoms with Crippen LogP contribution in [0.2, 0.25) is 0 Å². The van der Waals surface area contributed by atoms with E-state index < -0.39 is 0 Å². The largest absolute Gasteiger partial charge is 0.496 e. The van der Waals surface area contributed by atoms with Gasteiger partial charge in [0.25, 0.3) is 0 Å². The van der Waals surface area contributed by atoms with E-state index in [9.17, 15) is 9.18 Å². The quantitative estimate of drug-likeness (QED) is 0.346. The molecule has 0 fully saturated rings. The molecular formula is C27H24FN3O3. The Hall–Kier alpha value is -4.39. The highest BCUT2D eigenvalue weighted by atomic mass is 19.1. The van der Waals surface area contributed by atoms with Gasteiger partial charge in [-0.15, -0.1) is 0 Å². The van der Waals surface area contributed by atoms with Crippen LogP contribution in [0.3, 0.4) is 0 Å². The number of para-hydroxylation sites is 1. The number of aromatic nitrogens is 2. The number of ether oxygens (including phenoxy) is 2. The van der Waals surface area contributed by atoms with Crippen LogP contribution < -0.4 is 14.8 Å². The SMILES string of the molecule is COc1ccc(/C=C/C(=O)Nc2ccn(Cc3ccccc3F)n2)cc1COc1ccccc1. The molecule has 0 saturated carbocycles. The average Bonchev–Trinajstić information content (AvgIpc) is 3.30. The zero-order valence-electron chi connectivity index (χ0n) is 18.6. The molecule has 0 saturated heterocycles. The van der Waals surface area contributed by atoms with Gasteiger partial charge in [0.2, 0.25) is 5.91 Å². The van der Waals surface area contributed by atoms with E-state index in [0.717, 1.165) is 16.9 Å². The number of anilines is 1. The third kappa shape index (κ3) is 6.10. The van der Waals surface area contributed by atoms with E-state index in [0.29, 0.717) is 23.7 Å². The molecule has 1 aromatic heterocycles. The van der Waals surface area contributed by atoms with E-state index >= 15 is 0 Å². The Balaban J connectivity index is 1.37. The number of carbonyl (C=O) groups is 1. The number of nitrogens with one attached hydrogen (secondary N) is 1. The van der Waals surface area contributed by atoms with Crippen molar-refractivity contribution in [2.75, 3.05) is 12.4 Å². The molecule has 0 unspecified atom stereocenters. The maximum Gasteiger partial charge on any atom is 0.249 e. The highest BCUT2D eigenvalue weighted by molar-refractivity contribution is 6.01. The second-order valence-electron chi connectivity index (χ2n) is 7.49. The van der Waals surface area contributed by atoms with Gasteiger partial charge in [-0.3, -0.25) is 9.48 Å². The van der Waals surface area contributed by atoms with Crippen molar-refractivity contribution >= 4 is 17.8 Å². The second-order valence-corrected chi connectivity index (χ2v) is 7.49. The Kier molecular flexibility index (Phi) is 7.35. The van der Waals surface area contributed by atoms with Crippen LogP contribution in [0.5, 0.6) is 11.5 Å². The van der Waals surface area contributed by atoms with Crippen molar-refractivity contribution in [1.29, 1.82) is 0 Å². The van der Waals surface area contributed by atoms with Gasteiger partial charge in [-0.05, 0) is 42.0 Å². The summed E-state index contributed by atoms with van der Waals surface area (Å²) in [6, 6.07) is 23.3. The van der Waals surface area contributed by atoms with Crippen LogP contribution in [0.25, 0.3) is 6.08 Å². The van der Waals surface area contributed by atoms with Gasteiger partial charge >= 0.3 is 0 Å². The molecule has 1 heterocycles. The first kappa shape index (κ1) is 22.8. The normalized spacial score (nSPS) is 10.9. The maximum atomic E-state index is 13.8. The number of methoxy groups -OCH3 is 1. The number of benzene rings is 3. The molecule has 172 valence electrons. The lowest BCUT2D eigenvalue weighted by atomic mass is 10.1. The van der Waals surface area contributed by atoms with Crippen molar-refractivity contribution in [2.45, 2.75) is 13.2 Å². The molecule has 0 aliphatic carbocycles. The Morgan fingerprint density at radius 2 is 1.82 bits per heavy atom. The lowest BCUT2D eigenvalue weighted by Gasteiger charge is -2.11. The Labute approximate surface area is 197 Å². The monoisotopic (exact) mass is 457 g/mol. The Morgan fingerprint density at radius 3 is 2.62 bits per heavy atom. The zero-order valence-corrected chi connectivity index (χ0v) is 18.6. The summed E-state index contributed by atoms with van der Waals surface area (Å²) >= 11 is 0. The van der Waals surface area contributed by atoms with Gasteiger partial charge in [-0.25, -0.2) is 4.39 Å². The topological polar surface area (TPSA) is 65.4 Å². The molecule has 4 rings (SSSR count). The number of amides is 1. The minimum atomic E-state index is -0.325. The molecule has 1 amide bonds. The van der Waals surface area contributed by atoms with Crippen LogP contribution in [-0.2, 0) is 17.9 Å². The predicted molar refractivity (Wildman–Crippen MR) is 129 cm³/mol.